The normalized spacial score (nSPS) is 17.9. The van der Waals surface area contributed by atoms with E-state index in [9.17, 15) is 0 Å². The van der Waals surface area contributed by atoms with Crippen LogP contribution in [0.25, 0.3) is 0 Å². The zero-order valence-corrected chi connectivity index (χ0v) is 13.1. The standard InChI is InChI=1S/C15H14Cl2OS/c1-15(2)8-10-7-9(3-4-12(10)18-15)13(17)14-11(16)5-6-19-14/h3-7,13H,8H2,1-2H3. The zero-order valence-electron chi connectivity index (χ0n) is 10.7. The van der Waals surface area contributed by atoms with Crippen LogP contribution in [0.5, 0.6) is 5.75 Å². The fourth-order valence-corrected chi connectivity index (χ4v) is 4.06. The van der Waals surface area contributed by atoms with Crippen LogP contribution in [0, 0.1) is 0 Å². The molecule has 0 amide bonds. The third-order valence-corrected chi connectivity index (χ3v) is 5.28. The van der Waals surface area contributed by atoms with E-state index in [1.54, 1.807) is 11.3 Å². The predicted molar refractivity (Wildman–Crippen MR) is 81.9 cm³/mol. The predicted octanol–water partition coefficient (Wildman–Crippen LogP) is 5.44. The van der Waals surface area contributed by atoms with Gasteiger partial charge >= 0.3 is 0 Å². The summed E-state index contributed by atoms with van der Waals surface area (Å²) in [6, 6.07) is 8.05. The summed E-state index contributed by atoms with van der Waals surface area (Å²) in [5.41, 5.74) is 2.18. The van der Waals surface area contributed by atoms with Crippen LogP contribution < -0.4 is 4.74 Å². The molecule has 1 aromatic carbocycles. The van der Waals surface area contributed by atoms with E-state index >= 15 is 0 Å². The highest BCUT2D eigenvalue weighted by Gasteiger charge is 2.30. The molecule has 2 heterocycles. The van der Waals surface area contributed by atoms with E-state index in [-0.39, 0.29) is 11.0 Å². The highest BCUT2D eigenvalue weighted by Crippen LogP contribution is 2.41. The van der Waals surface area contributed by atoms with Crippen LogP contribution in [0.3, 0.4) is 0 Å². The SMILES string of the molecule is CC1(C)Cc2cc(C(Cl)c3sccc3Cl)ccc2O1. The molecule has 2 aromatic rings. The molecule has 1 unspecified atom stereocenters. The number of benzene rings is 1. The van der Waals surface area contributed by atoms with E-state index in [2.05, 4.69) is 19.9 Å². The molecule has 100 valence electrons. The Bertz CT molecular complexity index is 618. The maximum atomic E-state index is 6.54. The Hall–Kier alpha value is -0.700. The number of alkyl halides is 1. The van der Waals surface area contributed by atoms with Crippen LogP contribution >= 0.6 is 34.5 Å². The van der Waals surface area contributed by atoms with Gasteiger partial charge in [-0.2, -0.15) is 0 Å². The molecule has 1 aliphatic heterocycles. The van der Waals surface area contributed by atoms with Gasteiger partial charge in [-0.3, -0.25) is 0 Å². The summed E-state index contributed by atoms with van der Waals surface area (Å²) in [5.74, 6) is 0.967. The van der Waals surface area contributed by atoms with Crippen LogP contribution in [0.4, 0.5) is 0 Å². The minimum absolute atomic E-state index is 0.122. The Labute approximate surface area is 127 Å². The quantitative estimate of drug-likeness (QED) is 0.671. The van der Waals surface area contributed by atoms with Crippen LogP contribution in [0.15, 0.2) is 29.6 Å². The Morgan fingerprint density at radius 3 is 2.79 bits per heavy atom. The first-order valence-electron chi connectivity index (χ1n) is 6.15. The van der Waals surface area contributed by atoms with Gasteiger partial charge in [0.1, 0.15) is 11.4 Å². The molecule has 4 heteroatoms. The number of thiophene rings is 1. The second kappa shape index (κ2) is 4.69. The molecule has 1 nitrogen and oxygen atoms in total. The molecule has 3 rings (SSSR count). The number of fused-ring (bicyclic) bond motifs is 1. The third-order valence-electron chi connectivity index (χ3n) is 3.25. The van der Waals surface area contributed by atoms with Gasteiger partial charge in [0.05, 0.1) is 10.4 Å². The van der Waals surface area contributed by atoms with Gasteiger partial charge in [0.15, 0.2) is 0 Å². The molecule has 0 fully saturated rings. The van der Waals surface area contributed by atoms with Crippen molar-refractivity contribution < 1.29 is 4.74 Å². The van der Waals surface area contributed by atoms with E-state index in [0.717, 1.165) is 27.6 Å². The second-order valence-corrected chi connectivity index (χ2v) is 7.19. The molecule has 19 heavy (non-hydrogen) atoms. The van der Waals surface area contributed by atoms with Gasteiger partial charge in [-0.15, -0.1) is 22.9 Å². The molecule has 0 aliphatic carbocycles. The lowest BCUT2D eigenvalue weighted by Crippen LogP contribution is -2.24. The van der Waals surface area contributed by atoms with E-state index in [1.807, 2.05) is 23.6 Å². The Morgan fingerprint density at radius 2 is 2.11 bits per heavy atom. The maximum absolute atomic E-state index is 6.54. The first-order valence-corrected chi connectivity index (χ1v) is 7.84. The summed E-state index contributed by atoms with van der Waals surface area (Å²) in [6.45, 7) is 4.20. The summed E-state index contributed by atoms with van der Waals surface area (Å²) in [6.07, 6.45) is 0.915. The molecule has 0 spiro atoms. The smallest absolute Gasteiger partial charge is 0.123 e. The number of ether oxygens (including phenoxy) is 1. The number of rotatable bonds is 2. The zero-order chi connectivity index (χ0) is 13.6. The molecule has 0 radical (unpaired) electrons. The average Bonchev–Trinajstić information content (AvgIpc) is 2.88. The van der Waals surface area contributed by atoms with Crippen LogP contribution in [-0.4, -0.2) is 5.60 Å². The van der Waals surface area contributed by atoms with Crippen molar-refractivity contribution in [3.8, 4) is 5.75 Å². The lowest BCUT2D eigenvalue weighted by molar-refractivity contribution is 0.138. The summed E-state index contributed by atoms with van der Waals surface area (Å²) in [4.78, 5) is 1.00. The molecule has 1 aromatic heterocycles. The van der Waals surface area contributed by atoms with E-state index in [1.165, 1.54) is 5.56 Å². The summed E-state index contributed by atoms with van der Waals surface area (Å²) >= 11 is 14.3. The highest BCUT2D eigenvalue weighted by molar-refractivity contribution is 7.11. The molecular weight excluding hydrogens is 299 g/mol. The van der Waals surface area contributed by atoms with Gasteiger partial charge in [-0.1, -0.05) is 23.7 Å². The van der Waals surface area contributed by atoms with Crippen molar-refractivity contribution in [2.75, 3.05) is 0 Å². The average molecular weight is 313 g/mol. The lowest BCUT2D eigenvalue weighted by atomic mass is 9.99. The molecule has 0 bridgehead atoms. The van der Waals surface area contributed by atoms with Crippen molar-refractivity contribution in [2.45, 2.75) is 31.2 Å². The van der Waals surface area contributed by atoms with Gasteiger partial charge in [0, 0.05) is 11.3 Å². The molecular formula is C15H14Cl2OS. The van der Waals surface area contributed by atoms with E-state index < -0.39 is 0 Å². The highest BCUT2D eigenvalue weighted by atomic mass is 35.5. The van der Waals surface area contributed by atoms with Gasteiger partial charge in [-0.05, 0) is 42.5 Å². The third kappa shape index (κ3) is 2.49. The van der Waals surface area contributed by atoms with Crippen molar-refractivity contribution >= 4 is 34.5 Å². The first kappa shape index (κ1) is 13.3. The van der Waals surface area contributed by atoms with Gasteiger partial charge in [-0.25, -0.2) is 0 Å². The van der Waals surface area contributed by atoms with Crippen molar-refractivity contribution in [2.24, 2.45) is 0 Å². The van der Waals surface area contributed by atoms with Crippen molar-refractivity contribution in [1.82, 2.24) is 0 Å². The van der Waals surface area contributed by atoms with Gasteiger partial charge in [0.2, 0.25) is 0 Å². The fourth-order valence-electron chi connectivity index (χ4n) is 2.42. The van der Waals surface area contributed by atoms with Crippen LogP contribution in [0.2, 0.25) is 5.02 Å². The minimum Gasteiger partial charge on any atom is -0.487 e. The van der Waals surface area contributed by atoms with Crippen LogP contribution in [0.1, 0.15) is 35.2 Å². The van der Waals surface area contributed by atoms with Crippen molar-refractivity contribution in [3.05, 3.63) is 50.7 Å². The van der Waals surface area contributed by atoms with Crippen molar-refractivity contribution in [3.63, 3.8) is 0 Å². The number of hydrogen-bond acceptors (Lipinski definition) is 2. The molecule has 1 atom stereocenters. The summed E-state index contributed by atoms with van der Waals surface area (Å²) in [5, 5.41) is 2.51. The van der Waals surface area contributed by atoms with Gasteiger partial charge in [0.25, 0.3) is 0 Å². The lowest BCUT2D eigenvalue weighted by Gasteiger charge is -2.16. The summed E-state index contributed by atoms with van der Waals surface area (Å²) < 4.78 is 5.88. The molecule has 0 saturated heterocycles. The number of hydrogen-bond donors (Lipinski definition) is 0. The molecule has 0 N–H and O–H groups in total. The minimum atomic E-state index is -0.193. The van der Waals surface area contributed by atoms with E-state index in [4.69, 9.17) is 27.9 Å². The second-order valence-electron chi connectivity index (χ2n) is 5.40. The number of halogens is 2. The fraction of sp³-hybridized carbons (Fsp3) is 0.333. The molecule has 0 saturated carbocycles. The Morgan fingerprint density at radius 1 is 1.32 bits per heavy atom. The molecule has 1 aliphatic rings. The Kier molecular flexibility index (Phi) is 3.28. The van der Waals surface area contributed by atoms with Gasteiger partial charge < -0.3 is 4.74 Å². The Balaban J connectivity index is 1.94. The summed E-state index contributed by atoms with van der Waals surface area (Å²) in [7, 11) is 0. The first-order chi connectivity index (χ1) is 8.96. The monoisotopic (exact) mass is 312 g/mol. The largest absolute Gasteiger partial charge is 0.487 e. The maximum Gasteiger partial charge on any atom is 0.123 e. The van der Waals surface area contributed by atoms with Crippen molar-refractivity contribution in [1.29, 1.82) is 0 Å². The topological polar surface area (TPSA) is 9.23 Å². The van der Waals surface area contributed by atoms with Crippen LogP contribution in [-0.2, 0) is 6.42 Å². The van der Waals surface area contributed by atoms with E-state index in [0.29, 0.717) is 0 Å².